The van der Waals surface area contributed by atoms with Crippen molar-refractivity contribution in [1.29, 1.82) is 0 Å². The molecule has 5 rings (SSSR count). The second-order valence-corrected chi connectivity index (χ2v) is 11.0. The molecule has 3 heterocycles. The van der Waals surface area contributed by atoms with Gasteiger partial charge in [0.25, 0.3) is 5.56 Å². The first kappa shape index (κ1) is 22.1. The number of fused-ring (bicyclic) bond motifs is 3. The van der Waals surface area contributed by atoms with E-state index >= 15 is 0 Å². The van der Waals surface area contributed by atoms with Crippen molar-refractivity contribution in [2.24, 2.45) is 0 Å². The molecule has 0 saturated carbocycles. The van der Waals surface area contributed by atoms with Gasteiger partial charge >= 0.3 is 0 Å². The fraction of sp³-hybridized carbons (Fsp3) is 0.250. The van der Waals surface area contributed by atoms with E-state index < -0.39 is 5.25 Å². The van der Waals surface area contributed by atoms with Gasteiger partial charge in [-0.05, 0) is 31.7 Å². The Morgan fingerprint density at radius 1 is 1.30 bits per heavy atom. The van der Waals surface area contributed by atoms with Gasteiger partial charge in [-0.1, -0.05) is 48.2 Å². The Hall–Kier alpha value is -2.75. The van der Waals surface area contributed by atoms with Crippen LogP contribution in [-0.2, 0) is 24.2 Å². The lowest BCUT2D eigenvalue weighted by atomic mass is 10.2. The van der Waals surface area contributed by atoms with Crippen molar-refractivity contribution in [1.82, 2.24) is 14.5 Å². The van der Waals surface area contributed by atoms with Crippen LogP contribution in [0.4, 0.5) is 5.13 Å². The molecule has 1 aliphatic rings. The van der Waals surface area contributed by atoms with Crippen LogP contribution >= 0.6 is 34.4 Å². The largest absolute Gasteiger partial charge is 0.301 e. The zero-order valence-electron chi connectivity index (χ0n) is 18.0. The van der Waals surface area contributed by atoms with E-state index in [1.807, 2.05) is 42.6 Å². The number of rotatable bonds is 7. The Bertz CT molecular complexity index is 1400. The fourth-order valence-corrected chi connectivity index (χ4v) is 6.87. The topological polar surface area (TPSA) is 76.9 Å². The van der Waals surface area contributed by atoms with Crippen molar-refractivity contribution < 1.29 is 4.79 Å². The second-order valence-electron chi connectivity index (χ2n) is 7.79. The van der Waals surface area contributed by atoms with Crippen LogP contribution in [0, 0.1) is 0 Å². The lowest BCUT2D eigenvalue weighted by molar-refractivity contribution is -0.115. The number of aryl methyl sites for hydroxylation is 2. The summed E-state index contributed by atoms with van der Waals surface area (Å²) in [6, 6.07) is 9.85. The molecule has 1 unspecified atom stereocenters. The van der Waals surface area contributed by atoms with E-state index in [1.165, 1.54) is 28.0 Å². The molecule has 0 bridgehead atoms. The van der Waals surface area contributed by atoms with E-state index in [0.29, 0.717) is 16.8 Å². The Morgan fingerprint density at radius 3 is 2.91 bits per heavy atom. The van der Waals surface area contributed by atoms with E-state index in [0.717, 1.165) is 46.3 Å². The number of carbonyl (C=O) groups excluding carboxylic acids is 1. The van der Waals surface area contributed by atoms with Crippen LogP contribution in [0.1, 0.15) is 23.8 Å². The number of benzene rings is 1. The van der Waals surface area contributed by atoms with E-state index in [4.69, 9.17) is 4.98 Å². The molecule has 1 amide bonds. The van der Waals surface area contributed by atoms with E-state index in [9.17, 15) is 9.59 Å². The third kappa shape index (κ3) is 4.28. The van der Waals surface area contributed by atoms with Crippen LogP contribution in [0.15, 0.2) is 58.3 Å². The van der Waals surface area contributed by atoms with Crippen LogP contribution in [0.5, 0.6) is 0 Å². The lowest BCUT2D eigenvalue weighted by Crippen LogP contribution is -2.26. The highest BCUT2D eigenvalue weighted by Crippen LogP contribution is 2.36. The summed E-state index contributed by atoms with van der Waals surface area (Å²) in [6.07, 6.45) is 4.73. The third-order valence-corrected chi connectivity index (χ3v) is 8.59. The molecule has 0 fully saturated rings. The highest BCUT2D eigenvalue weighted by Gasteiger charge is 2.25. The number of thiophene rings is 1. The third-order valence-electron chi connectivity index (χ3n) is 5.56. The standard InChI is InChI=1S/C24H22N4O2S3/c1-3-12-28-22(30)19-16-10-7-11-18(16)33-21(19)27-24(28)32-14(2)20(29)26-23-25-17(13-31-23)15-8-5-4-6-9-15/h3-6,8-9,13-14H,1,7,10-12H2,2H3,(H,25,26,29). The second kappa shape index (κ2) is 9.24. The molecule has 168 valence electrons. The van der Waals surface area contributed by atoms with Crippen molar-refractivity contribution in [3.05, 3.63) is 69.2 Å². The Morgan fingerprint density at radius 2 is 2.12 bits per heavy atom. The molecular weight excluding hydrogens is 472 g/mol. The molecule has 0 aliphatic heterocycles. The summed E-state index contributed by atoms with van der Waals surface area (Å²) in [5.41, 5.74) is 2.95. The molecule has 0 radical (unpaired) electrons. The maximum atomic E-state index is 13.3. The summed E-state index contributed by atoms with van der Waals surface area (Å²) in [5, 5.41) is 6.20. The number of thioether (sulfide) groups is 1. The number of hydrogen-bond acceptors (Lipinski definition) is 7. The number of amides is 1. The van der Waals surface area contributed by atoms with Gasteiger partial charge in [-0.25, -0.2) is 9.97 Å². The molecule has 4 aromatic rings. The monoisotopic (exact) mass is 494 g/mol. The quantitative estimate of drug-likeness (QED) is 0.212. The van der Waals surface area contributed by atoms with Crippen molar-refractivity contribution in [3.63, 3.8) is 0 Å². The smallest absolute Gasteiger partial charge is 0.263 e. The summed E-state index contributed by atoms with van der Waals surface area (Å²) in [7, 11) is 0. The van der Waals surface area contributed by atoms with Gasteiger partial charge in [0.05, 0.1) is 16.3 Å². The summed E-state index contributed by atoms with van der Waals surface area (Å²) in [6.45, 7) is 5.97. The van der Waals surface area contributed by atoms with Crippen LogP contribution < -0.4 is 10.9 Å². The Kier molecular flexibility index (Phi) is 6.18. The van der Waals surface area contributed by atoms with E-state index in [-0.39, 0.29) is 11.5 Å². The molecule has 1 N–H and O–H groups in total. The van der Waals surface area contributed by atoms with Crippen LogP contribution in [0.2, 0.25) is 0 Å². The van der Waals surface area contributed by atoms with Crippen molar-refractivity contribution in [2.45, 2.75) is 43.1 Å². The highest BCUT2D eigenvalue weighted by atomic mass is 32.2. The maximum Gasteiger partial charge on any atom is 0.263 e. The Balaban J connectivity index is 1.37. The van der Waals surface area contributed by atoms with Gasteiger partial charge in [0.2, 0.25) is 5.91 Å². The van der Waals surface area contributed by atoms with Gasteiger partial charge < -0.3 is 5.32 Å². The molecule has 0 spiro atoms. The minimum Gasteiger partial charge on any atom is -0.301 e. The van der Waals surface area contributed by atoms with Gasteiger partial charge in [-0.3, -0.25) is 14.2 Å². The molecule has 6 nitrogen and oxygen atoms in total. The average molecular weight is 495 g/mol. The normalized spacial score (nSPS) is 13.7. The van der Waals surface area contributed by atoms with Gasteiger partial charge in [0.1, 0.15) is 4.83 Å². The van der Waals surface area contributed by atoms with E-state index in [1.54, 1.807) is 22.0 Å². The minimum absolute atomic E-state index is 0.0400. The fourth-order valence-electron chi connectivity index (χ4n) is 3.93. The molecule has 9 heteroatoms. The zero-order valence-corrected chi connectivity index (χ0v) is 20.5. The number of nitrogens with one attached hydrogen (secondary N) is 1. The van der Waals surface area contributed by atoms with Gasteiger partial charge in [-0.2, -0.15) is 0 Å². The number of thiazole rings is 1. The predicted molar refractivity (Wildman–Crippen MR) is 138 cm³/mol. The first-order valence-corrected chi connectivity index (χ1v) is 13.3. The summed E-state index contributed by atoms with van der Waals surface area (Å²) < 4.78 is 1.63. The Labute approximate surface area is 203 Å². The number of nitrogens with zero attached hydrogens (tertiary/aromatic N) is 3. The molecular formula is C24H22N4O2S3. The molecule has 1 aliphatic carbocycles. The first-order chi connectivity index (χ1) is 16.0. The highest BCUT2D eigenvalue weighted by molar-refractivity contribution is 8.00. The SMILES string of the molecule is C=CCn1c(SC(C)C(=O)Nc2nc(-c3ccccc3)cs2)nc2sc3c(c2c1=O)CCC3. The molecule has 3 aromatic heterocycles. The molecule has 1 atom stereocenters. The first-order valence-electron chi connectivity index (χ1n) is 10.7. The number of carbonyl (C=O) groups is 1. The van der Waals surface area contributed by atoms with Crippen molar-refractivity contribution >= 4 is 55.7 Å². The van der Waals surface area contributed by atoms with Crippen LogP contribution in [0.3, 0.4) is 0 Å². The average Bonchev–Trinajstić information content (AvgIpc) is 3.53. The number of aromatic nitrogens is 3. The van der Waals surface area contributed by atoms with E-state index in [2.05, 4.69) is 16.9 Å². The number of allylic oxidation sites excluding steroid dienone is 1. The summed E-state index contributed by atoms with van der Waals surface area (Å²) in [4.78, 5) is 37.6. The van der Waals surface area contributed by atoms with Gasteiger partial charge in [0.15, 0.2) is 10.3 Å². The van der Waals surface area contributed by atoms with Crippen molar-refractivity contribution in [3.8, 4) is 11.3 Å². The van der Waals surface area contributed by atoms with Gasteiger partial charge in [-0.15, -0.1) is 29.3 Å². The van der Waals surface area contributed by atoms with Gasteiger partial charge in [0, 0.05) is 22.4 Å². The molecule has 1 aromatic carbocycles. The zero-order chi connectivity index (χ0) is 22.9. The minimum atomic E-state index is -0.457. The van der Waals surface area contributed by atoms with Crippen molar-refractivity contribution in [2.75, 3.05) is 5.32 Å². The molecule has 33 heavy (non-hydrogen) atoms. The summed E-state index contributed by atoms with van der Waals surface area (Å²) in [5.74, 6) is -0.179. The maximum absolute atomic E-state index is 13.3. The number of anilines is 1. The van der Waals surface area contributed by atoms with Crippen LogP contribution in [-0.4, -0.2) is 25.7 Å². The number of hydrogen-bond donors (Lipinski definition) is 1. The molecule has 0 saturated heterocycles. The predicted octanol–water partition coefficient (Wildman–Crippen LogP) is 5.38. The van der Waals surface area contributed by atoms with Crippen LogP contribution in [0.25, 0.3) is 21.5 Å². The lowest BCUT2D eigenvalue weighted by Gasteiger charge is -2.14. The summed E-state index contributed by atoms with van der Waals surface area (Å²) >= 11 is 4.28.